The minimum absolute atomic E-state index is 0.169. The van der Waals surface area contributed by atoms with Crippen LogP contribution in [0.3, 0.4) is 0 Å². The molecule has 8 nitrogen and oxygen atoms in total. The van der Waals surface area contributed by atoms with E-state index in [2.05, 4.69) is 9.88 Å². The molecule has 2 radical (unpaired) electrons. The summed E-state index contributed by atoms with van der Waals surface area (Å²) in [6.45, 7) is 1.47. The highest BCUT2D eigenvalue weighted by Gasteiger charge is 2.33. The van der Waals surface area contributed by atoms with Gasteiger partial charge in [0.2, 0.25) is 5.95 Å². The molecule has 1 aliphatic rings. The Balaban J connectivity index is 1.45. The first-order valence-electron chi connectivity index (χ1n) is 12.1. The molecule has 37 heavy (non-hydrogen) atoms. The maximum atomic E-state index is 13.0. The highest BCUT2D eigenvalue weighted by atomic mass is 16.6. The number of piperazine rings is 1. The second kappa shape index (κ2) is 10.7. The molecular formula is C28H26BN5O3. The number of amides is 1. The van der Waals surface area contributed by atoms with Crippen LogP contribution >= 0.6 is 0 Å². The van der Waals surface area contributed by atoms with Crippen LogP contribution in [0, 0.1) is 0 Å². The fraction of sp³-hybridized carbons (Fsp3) is 0.214. The van der Waals surface area contributed by atoms with Gasteiger partial charge < -0.3 is 14.5 Å². The minimum atomic E-state index is -0.378. The van der Waals surface area contributed by atoms with Crippen molar-refractivity contribution in [1.82, 2.24) is 19.4 Å². The normalized spacial score (nSPS) is 15.4. The molecule has 1 saturated heterocycles. The number of ether oxygens (including phenoxy) is 1. The van der Waals surface area contributed by atoms with Crippen LogP contribution in [-0.2, 0) is 18.4 Å². The molecule has 1 aliphatic heterocycles. The first-order chi connectivity index (χ1) is 18.0. The Kier molecular flexibility index (Phi) is 7.03. The van der Waals surface area contributed by atoms with E-state index in [1.165, 1.54) is 6.07 Å². The molecule has 0 spiro atoms. The molecular weight excluding hydrogens is 465 g/mol. The summed E-state index contributed by atoms with van der Waals surface area (Å²) in [4.78, 5) is 38.6. The molecule has 9 heteroatoms. The molecule has 5 rings (SSSR count). The third kappa shape index (κ3) is 5.40. The van der Waals surface area contributed by atoms with Crippen molar-refractivity contribution in [2.45, 2.75) is 12.6 Å². The molecule has 2 aromatic carbocycles. The van der Waals surface area contributed by atoms with Crippen molar-refractivity contribution in [3.63, 3.8) is 0 Å². The fourth-order valence-electron chi connectivity index (χ4n) is 4.46. The number of hydrogen-bond donors (Lipinski definition) is 0. The topological polar surface area (TPSA) is 80.6 Å². The quantitative estimate of drug-likeness (QED) is 0.400. The van der Waals surface area contributed by atoms with Gasteiger partial charge in [-0.15, -0.1) is 0 Å². The van der Waals surface area contributed by atoms with Crippen LogP contribution in [0.25, 0.3) is 11.3 Å². The lowest BCUT2D eigenvalue weighted by Crippen LogP contribution is -2.52. The van der Waals surface area contributed by atoms with Crippen LogP contribution in [0.15, 0.2) is 90.0 Å². The number of anilines is 1. The summed E-state index contributed by atoms with van der Waals surface area (Å²) >= 11 is 0. The number of pyridine rings is 1. The van der Waals surface area contributed by atoms with Crippen molar-refractivity contribution in [3.8, 4) is 11.3 Å². The molecule has 3 heterocycles. The van der Waals surface area contributed by atoms with E-state index in [0.29, 0.717) is 36.7 Å². The van der Waals surface area contributed by atoms with Gasteiger partial charge in [0.1, 0.15) is 14.5 Å². The highest BCUT2D eigenvalue weighted by Crippen LogP contribution is 2.30. The van der Waals surface area contributed by atoms with Crippen LogP contribution in [0.2, 0.25) is 0 Å². The maximum Gasteiger partial charge on any atom is 0.410 e. The van der Waals surface area contributed by atoms with Gasteiger partial charge in [-0.2, -0.15) is 0 Å². The van der Waals surface area contributed by atoms with Gasteiger partial charge in [-0.25, -0.2) is 9.78 Å². The van der Waals surface area contributed by atoms with E-state index < -0.39 is 0 Å². The average Bonchev–Trinajstić information content (AvgIpc) is 2.94. The lowest BCUT2D eigenvalue weighted by Gasteiger charge is -2.42. The van der Waals surface area contributed by atoms with Gasteiger partial charge in [-0.3, -0.25) is 14.3 Å². The van der Waals surface area contributed by atoms with Crippen molar-refractivity contribution in [1.29, 1.82) is 0 Å². The minimum Gasteiger partial charge on any atom is -0.445 e. The van der Waals surface area contributed by atoms with Crippen molar-refractivity contribution >= 4 is 25.4 Å². The van der Waals surface area contributed by atoms with Crippen molar-refractivity contribution in [2.75, 3.05) is 24.5 Å². The first-order valence-corrected chi connectivity index (χ1v) is 12.1. The van der Waals surface area contributed by atoms with E-state index in [9.17, 15) is 9.59 Å². The second-order valence-electron chi connectivity index (χ2n) is 8.94. The Morgan fingerprint density at radius 2 is 1.76 bits per heavy atom. The summed E-state index contributed by atoms with van der Waals surface area (Å²) < 4.78 is 7.14. The van der Waals surface area contributed by atoms with E-state index in [-0.39, 0.29) is 24.3 Å². The zero-order valence-electron chi connectivity index (χ0n) is 20.5. The van der Waals surface area contributed by atoms with Gasteiger partial charge in [0.25, 0.3) is 5.56 Å². The molecule has 1 amide bonds. The zero-order chi connectivity index (χ0) is 25.8. The Labute approximate surface area is 216 Å². The molecule has 184 valence electrons. The number of nitrogens with zero attached hydrogens (tertiary/aromatic N) is 5. The second-order valence-corrected chi connectivity index (χ2v) is 8.94. The molecule has 0 aliphatic carbocycles. The summed E-state index contributed by atoms with van der Waals surface area (Å²) in [7, 11) is 7.65. The predicted molar refractivity (Wildman–Crippen MR) is 143 cm³/mol. The van der Waals surface area contributed by atoms with Crippen molar-refractivity contribution in [2.24, 2.45) is 7.05 Å². The molecule has 4 aromatic rings. The van der Waals surface area contributed by atoms with Crippen molar-refractivity contribution in [3.05, 3.63) is 107 Å². The van der Waals surface area contributed by atoms with Crippen LogP contribution in [0.1, 0.15) is 17.2 Å². The molecule has 1 fully saturated rings. The van der Waals surface area contributed by atoms with Gasteiger partial charge in [0, 0.05) is 50.7 Å². The summed E-state index contributed by atoms with van der Waals surface area (Å²) in [6.07, 6.45) is 2.97. The number of rotatable bonds is 5. The Bertz CT molecular complexity index is 1430. The summed E-state index contributed by atoms with van der Waals surface area (Å²) in [5.41, 5.74) is 3.74. The number of benzene rings is 2. The van der Waals surface area contributed by atoms with E-state index >= 15 is 0 Å². The fourth-order valence-corrected chi connectivity index (χ4v) is 4.46. The van der Waals surface area contributed by atoms with Crippen LogP contribution in [0.4, 0.5) is 10.7 Å². The average molecular weight is 491 g/mol. The molecule has 0 saturated carbocycles. The molecule has 2 aromatic heterocycles. The summed E-state index contributed by atoms with van der Waals surface area (Å²) in [5, 5.41) is 0. The summed E-state index contributed by atoms with van der Waals surface area (Å²) in [6, 6.07) is 22.0. The SMILES string of the molecule is [B]c1ccc([C@H]2CN(C(=O)OCc3ccccc3)CCN2c2nc(-c3ccncc3)cc(=O)n2C)cc1. The number of aromatic nitrogens is 3. The first kappa shape index (κ1) is 24.3. The van der Waals surface area contributed by atoms with Gasteiger partial charge in [0.05, 0.1) is 11.7 Å². The summed E-state index contributed by atoms with van der Waals surface area (Å²) in [5.74, 6) is 0.526. The van der Waals surface area contributed by atoms with Crippen LogP contribution in [0.5, 0.6) is 0 Å². The van der Waals surface area contributed by atoms with Gasteiger partial charge in [-0.05, 0) is 23.3 Å². The van der Waals surface area contributed by atoms with Crippen LogP contribution in [-0.4, -0.2) is 53.0 Å². The van der Waals surface area contributed by atoms with E-state index in [1.54, 1.807) is 28.9 Å². The lowest BCUT2D eigenvalue weighted by atomic mass is 9.93. The molecule has 0 N–H and O–H groups in total. The van der Waals surface area contributed by atoms with Gasteiger partial charge in [0.15, 0.2) is 0 Å². The number of carbonyl (C=O) groups excluding carboxylic acids is 1. The largest absolute Gasteiger partial charge is 0.445 e. The monoisotopic (exact) mass is 491 g/mol. The van der Waals surface area contributed by atoms with Crippen LogP contribution < -0.4 is 15.9 Å². The molecule has 0 unspecified atom stereocenters. The molecule has 1 atom stereocenters. The number of carbonyl (C=O) groups is 1. The highest BCUT2D eigenvalue weighted by molar-refractivity contribution is 6.32. The molecule has 0 bridgehead atoms. The number of hydrogen-bond acceptors (Lipinski definition) is 6. The Morgan fingerprint density at radius 3 is 2.49 bits per heavy atom. The standard InChI is InChI=1S/C28H26BN5O3/c1-32-26(35)17-24(21-11-13-30-14-12-21)31-27(32)34-16-15-33(18-25(34)22-7-9-23(29)10-8-22)28(36)37-19-20-5-3-2-4-6-20/h2-14,17,25H,15-16,18-19H2,1H3/t25-/m1/s1. The van der Waals surface area contributed by atoms with E-state index in [0.717, 1.165) is 16.7 Å². The zero-order valence-corrected chi connectivity index (χ0v) is 20.5. The third-order valence-electron chi connectivity index (χ3n) is 6.51. The maximum absolute atomic E-state index is 13.0. The predicted octanol–water partition coefficient (Wildman–Crippen LogP) is 2.84. The van der Waals surface area contributed by atoms with Gasteiger partial charge >= 0.3 is 6.09 Å². The lowest BCUT2D eigenvalue weighted by molar-refractivity contribution is 0.0886. The van der Waals surface area contributed by atoms with Crippen molar-refractivity contribution < 1.29 is 9.53 Å². The van der Waals surface area contributed by atoms with E-state index in [1.807, 2.05) is 66.7 Å². The van der Waals surface area contributed by atoms with Gasteiger partial charge in [-0.1, -0.05) is 60.1 Å². The Hall–Kier alpha value is -4.40. The van der Waals surface area contributed by atoms with E-state index in [4.69, 9.17) is 17.6 Å². The Morgan fingerprint density at radius 1 is 1.03 bits per heavy atom. The third-order valence-corrected chi connectivity index (χ3v) is 6.51. The smallest absolute Gasteiger partial charge is 0.410 e.